The van der Waals surface area contributed by atoms with Crippen molar-refractivity contribution in [3.63, 3.8) is 0 Å². The lowest BCUT2D eigenvalue weighted by atomic mass is 10.0. The smallest absolute Gasteiger partial charge is 0.245 e. The molecule has 7 nitrogen and oxygen atoms in total. The van der Waals surface area contributed by atoms with Crippen LogP contribution in [0.1, 0.15) is 56.6 Å². The van der Waals surface area contributed by atoms with Gasteiger partial charge in [-0.3, -0.25) is 19.6 Å². The van der Waals surface area contributed by atoms with Crippen molar-refractivity contribution in [3.05, 3.63) is 59.7 Å². The van der Waals surface area contributed by atoms with E-state index in [4.69, 9.17) is 4.98 Å². The Labute approximate surface area is 184 Å². The summed E-state index contributed by atoms with van der Waals surface area (Å²) in [7, 11) is 1.73. The van der Waals surface area contributed by atoms with Crippen LogP contribution >= 0.6 is 0 Å². The quantitative estimate of drug-likeness (QED) is 0.681. The molecular weight excluding hydrogens is 390 g/mol. The molecule has 1 aromatic carbocycles. The van der Waals surface area contributed by atoms with E-state index in [1.54, 1.807) is 26.4 Å². The van der Waals surface area contributed by atoms with E-state index in [1.807, 2.05) is 36.9 Å². The van der Waals surface area contributed by atoms with Crippen molar-refractivity contribution in [2.24, 2.45) is 5.92 Å². The summed E-state index contributed by atoms with van der Waals surface area (Å²) in [6.45, 7) is 6.36. The first kappa shape index (κ1) is 22.9. The van der Waals surface area contributed by atoms with Gasteiger partial charge in [-0.25, -0.2) is 0 Å². The number of hydrogen-bond acceptors (Lipinski definition) is 5. The number of carbonyl (C=O) groups is 2. The molecule has 0 radical (unpaired) electrons. The third kappa shape index (κ3) is 5.67. The topological polar surface area (TPSA) is 87.2 Å². The summed E-state index contributed by atoms with van der Waals surface area (Å²) in [5.41, 5.74) is 2.88. The fourth-order valence-electron chi connectivity index (χ4n) is 3.91. The Bertz CT molecular complexity index is 887. The molecule has 0 unspecified atom stereocenters. The zero-order chi connectivity index (χ0) is 22.4. The van der Waals surface area contributed by atoms with E-state index in [2.05, 4.69) is 27.8 Å². The van der Waals surface area contributed by atoms with Crippen molar-refractivity contribution < 1.29 is 9.59 Å². The normalized spacial score (nSPS) is 18.1. The highest BCUT2D eigenvalue weighted by Gasteiger charge is 2.37. The lowest BCUT2D eigenvalue weighted by Gasteiger charge is -2.31. The van der Waals surface area contributed by atoms with Gasteiger partial charge >= 0.3 is 0 Å². The van der Waals surface area contributed by atoms with Gasteiger partial charge in [0.1, 0.15) is 6.04 Å². The van der Waals surface area contributed by atoms with E-state index in [1.165, 1.54) is 5.56 Å². The average Bonchev–Trinajstić information content (AvgIpc) is 3.27. The Hall–Kier alpha value is -2.80. The van der Waals surface area contributed by atoms with Crippen molar-refractivity contribution >= 4 is 11.8 Å². The highest BCUT2D eigenvalue weighted by Crippen LogP contribution is 2.32. The monoisotopic (exact) mass is 423 g/mol. The fourth-order valence-corrected chi connectivity index (χ4v) is 3.91. The second-order valence-corrected chi connectivity index (χ2v) is 8.53. The van der Waals surface area contributed by atoms with Gasteiger partial charge in [0.25, 0.3) is 0 Å². The van der Waals surface area contributed by atoms with Crippen molar-refractivity contribution in [1.29, 1.82) is 0 Å². The van der Waals surface area contributed by atoms with E-state index in [9.17, 15) is 9.59 Å². The Morgan fingerprint density at radius 3 is 2.58 bits per heavy atom. The van der Waals surface area contributed by atoms with Crippen molar-refractivity contribution in [1.82, 2.24) is 25.5 Å². The molecule has 0 bridgehead atoms. The Balaban J connectivity index is 1.77. The zero-order valence-corrected chi connectivity index (χ0v) is 18.8. The van der Waals surface area contributed by atoms with Crippen LogP contribution in [0.15, 0.2) is 42.7 Å². The first-order valence-electron chi connectivity index (χ1n) is 11.0. The van der Waals surface area contributed by atoms with Gasteiger partial charge < -0.3 is 15.5 Å². The maximum atomic E-state index is 13.4. The van der Waals surface area contributed by atoms with Crippen LogP contribution in [0, 0.1) is 5.92 Å². The molecule has 2 aromatic rings. The van der Waals surface area contributed by atoms with E-state index in [0.29, 0.717) is 13.0 Å². The highest BCUT2D eigenvalue weighted by molar-refractivity contribution is 5.90. The van der Waals surface area contributed by atoms with Crippen molar-refractivity contribution in [2.45, 2.75) is 58.2 Å². The van der Waals surface area contributed by atoms with Gasteiger partial charge in [0.05, 0.1) is 29.7 Å². The lowest BCUT2D eigenvalue weighted by Crippen LogP contribution is -2.54. The molecule has 3 rings (SSSR count). The van der Waals surface area contributed by atoms with Gasteiger partial charge in [-0.1, -0.05) is 44.2 Å². The predicted molar refractivity (Wildman–Crippen MR) is 120 cm³/mol. The molecule has 3 atom stereocenters. The minimum Gasteiger partial charge on any atom is -0.343 e. The number of nitrogens with zero attached hydrogens (tertiary/aromatic N) is 3. The maximum absolute atomic E-state index is 13.4. The number of hydrogen-bond donors (Lipinski definition) is 2. The Kier molecular flexibility index (Phi) is 7.74. The summed E-state index contributed by atoms with van der Waals surface area (Å²) in [4.78, 5) is 37.0. The molecule has 2 N–H and O–H groups in total. The molecule has 1 aromatic heterocycles. The van der Waals surface area contributed by atoms with Gasteiger partial charge in [-0.15, -0.1) is 0 Å². The highest BCUT2D eigenvalue weighted by atomic mass is 16.2. The van der Waals surface area contributed by atoms with Gasteiger partial charge in [0.15, 0.2) is 0 Å². The summed E-state index contributed by atoms with van der Waals surface area (Å²) in [6, 6.07) is 9.13. The van der Waals surface area contributed by atoms with Crippen LogP contribution in [0.4, 0.5) is 0 Å². The SMILES string of the molecule is CN[C@@H](C)C(=O)N[C@H](C(=O)N1CCC[C@@H]1c1cncc(Cc2ccccc2)n1)C(C)C. The van der Waals surface area contributed by atoms with Gasteiger partial charge in [0, 0.05) is 19.2 Å². The predicted octanol–water partition coefficient (Wildman–Crippen LogP) is 2.48. The number of benzene rings is 1. The molecule has 1 aliphatic rings. The molecule has 2 amide bonds. The van der Waals surface area contributed by atoms with E-state index < -0.39 is 6.04 Å². The average molecular weight is 424 g/mol. The summed E-state index contributed by atoms with van der Waals surface area (Å²) in [5, 5.41) is 5.85. The van der Waals surface area contributed by atoms with Crippen LogP contribution < -0.4 is 10.6 Å². The number of aromatic nitrogens is 2. The minimum atomic E-state index is -0.565. The van der Waals surface area contributed by atoms with Crippen LogP contribution in [0.5, 0.6) is 0 Å². The number of carbonyl (C=O) groups excluding carboxylic acids is 2. The Morgan fingerprint density at radius 2 is 1.90 bits per heavy atom. The van der Waals surface area contributed by atoms with Crippen LogP contribution in [-0.4, -0.2) is 52.4 Å². The second kappa shape index (κ2) is 10.5. The van der Waals surface area contributed by atoms with Crippen LogP contribution in [0.3, 0.4) is 0 Å². The molecule has 166 valence electrons. The molecular formula is C24H33N5O2. The third-order valence-corrected chi connectivity index (χ3v) is 5.87. The van der Waals surface area contributed by atoms with Crippen molar-refractivity contribution in [2.75, 3.05) is 13.6 Å². The molecule has 1 saturated heterocycles. The van der Waals surface area contributed by atoms with Crippen molar-refractivity contribution in [3.8, 4) is 0 Å². The molecule has 31 heavy (non-hydrogen) atoms. The fraction of sp³-hybridized carbons (Fsp3) is 0.500. The molecule has 2 heterocycles. The number of amides is 2. The number of likely N-dealkylation sites (N-methyl/N-ethyl adjacent to an activating group) is 1. The first-order chi connectivity index (χ1) is 14.9. The molecule has 1 fully saturated rings. The summed E-state index contributed by atoms with van der Waals surface area (Å²) >= 11 is 0. The summed E-state index contributed by atoms with van der Waals surface area (Å²) < 4.78 is 0. The van der Waals surface area contributed by atoms with Gasteiger partial charge in [-0.2, -0.15) is 0 Å². The van der Waals surface area contributed by atoms with Gasteiger partial charge in [0.2, 0.25) is 11.8 Å². The van der Waals surface area contributed by atoms with E-state index in [-0.39, 0.29) is 29.8 Å². The summed E-state index contributed by atoms with van der Waals surface area (Å²) in [5.74, 6) is -0.239. The largest absolute Gasteiger partial charge is 0.343 e. The zero-order valence-electron chi connectivity index (χ0n) is 18.8. The lowest BCUT2D eigenvalue weighted by molar-refractivity contribution is -0.139. The minimum absolute atomic E-state index is 0.0164. The molecule has 0 spiro atoms. The van der Waals surface area contributed by atoms with E-state index in [0.717, 1.165) is 24.2 Å². The molecule has 0 aliphatic carbocycles. The summed E-state index contributed by atoms with van der Waals surface area (Å²) in [6.07, 6.45) is 6.01. The number of rotatable bonds is 8. The maximum Gasteiger partial charge on any atom is 0.245 e. The molecule has 0 saturated carbocycles. The van der Waals surface area contributed by atoms with Crippen LogP contribution in [0.2, 0.25) is 0 Å². The molecule has 1 aliphatic heterocycles. The van der Waals surface area contributed by atoms with Crippen LogP contribution in [-0.2, 0) is 16.0 Å². The second-order valence-electron chi connectivity index (χ2n) is 8.53. The van der Waals surface area contributed by atoms with E-state index >= 15 is 0 Å². The third-order valence-electron chi connectivity index (χ3n) is 5.87. The standard InChI is InChI=1S/C24H33N5O2/c1-16(2)22(28-23(30)17(3)25-4)24(31)29-12-8-11-21(29)20-15-26-14-19(27-20)13-18-9-6-5-7-10-18/h5-7,9-10,14-17,21-22,25H,8,11-13H2,1-4H3,(H,28,30)/t17-,21+,22-/m0/s1. The Morgan fingerprint density at radius 1 is 1.16 bits per heavy atom. The van der Waals surface area contributed by atoms with Gasteiger partial charge in [-0.05, 0) is 38.3 Å². The first-order valence-corrected chi connectivity index (χ1v) is 11.0. The number of nitrogens with one attached hydrogen (secondary N) is 2. The van der Waals surface area contributed by atoms with Crippen LogP contribution in [0.25, 0.3) is 0 Å². The molecule has 7 heteroatoms. The number of likely N-dealkylation sites (tertiary alicyclic amines) is 1.